The zero-order valence-electron chi connectivity index (χ0n) is 23.5. The Morgan fingerprint density at radius 1 is 1.19 bits per heavy atom. The largest absolute Gasteiger partial charge is 0.443 e. The summed E-state index contributed by atoms with van der Waals surface area (Å²) in [5, 5.41) is 6.78. The second-order valence-electron chi connectivity index (χ2n) is 9.53. The molecule has 8 nitrogen and oxygen atoms in total. The van der Waals surface area contributed by atoms with Crippen LogP contribution in [0.3, 0.4) is 0 Å². The van der Waals surface area contributed by atoms with E-state index in [0.29, 0.717) is 24.9 Å². The first-order chi connectivity index (χ1) is 17.7. The van der Waals surface area contributed by atoms with Crippen molar-refractivity contribution < 1.29 is 18.5 Å². The predicted molar refractivity (Wildman–Crippen MR) is 145 cm³/mol. The van der Waals surface area contributed by atoms with Gasteiger partial charge in [0.1, 0.15) is 11.8 Å². The highest BCUT2D eigenvalue weighted by molar-refractivity contribution is 5.84. The van der Waals surface area contributed by atoms with Gasteiger partial charge in [0.2, 0.25) is 12.3 Å². The van der Waals surface area contributed by atoms with E-state index in [0.717, 1.165) is 58.9 Å². The molecule has 2 aromatic heterocycles. The van der Waals surface area contributed by atoms with Crippen molar-refractivity contribution in [1.29, 1.82) is 0 Å². The van der Waals surface area contributed by atoms with Gasteiger partial charge in [-0.15, -0.1) is 0 Å². The van der Waals surface area contributed by atoms with Crippen molar-refractivity contribution in [3.8, 4) is 11.3 Å². The number of carbonyl (C=O) groups excluding carboxylic acids is 2. The molecule has 0 saturated carbocycles. The highest BCUT2D eigenvalue weighted by Gasteiger charge is 2.29. The summed E-state index contributed by atoms with van der Waals surface area (Å²) < 4.78 is 10.6. The van der Waals surface area contributed by atoms with E-state index in [1.54, 1.807) is 4.90 Å². The van der Waals surface area contributed by atoms with Gasteiger partial charge in [0.25, 0.3) is 0 Å². The molecule has 0 spiro atoms. The van der Waals surface area contributed by atoms with Crippen LogP contribution in [0, 0.1) is 26.7 Å². The van der Waals surface area contributed by atoms with Gasteiger partial charge in [0.15, 0.2) is 12.2 Å². The van der Waals surface area contributed by atoms with E-state index in [-0.39, 0.29) is 11.9 Å². The second kappa shape index (κ2) is 14.4. The average molecular weight is 511 g/mol. The van der Waals surface area contributed by atoms with Crippen LogP contribution in [0.25, 0.3) is 11.3 Å². The van der Waals surface area contributed by atoms with E-state index in [2.05, 4.69) is 36.2 Å². The first-order valence-electron chi connectivity index (χ1n) is 13.1. The molecule has 1 N–H and O–H groups in total. The summed E-state index contributed by atoms with van der Waals surface area (Å²) in [4.78, 5) is 28.9. The summed E-state index contributed by atoms with van der Waals surface area (Å²) >= 11 is 0. The first kappa shape index (κ1) is 29.8. The van der Waals surface area contributed by atoms with Crippen LogP contribution in [-0.2, 0) is 16.1 Å². The van der Waals surface area contributed by atoms with Gasteiger partial charge in [0.05, 0.1) is 11.4 Å². The molecule has 8 heteroatoms. The summed E-state index contributed by atoms with van der Waals surface area (Å²) in [6.45, 7) is 17.5. The normalized spacial score (nSPS) is 15.4. The third kappa shape index (κ3) is 8.03. The number of carbonyl (C=O) groups is 2. The number of nitrogens with one attached hydrogen (secondary N) is 1. The number of aromatic nitrogens is 2. The number of aryl methyl sites for hydroxylation is 3. The quantitative estimate of drug-likeness (QED) is 0.393. The number of rotatable bonds is 7. The molecule has 1 fully saturated rings. The van der Waals surface area contributed by atoms with Crippen LogP contribution < -0.4 is 5.32 Å². The summed E-state index contributed by atoms with van der Waals surface area (Å²) in [6.07, 6.45) is 3.81. The van der Waals surface area contributed by atoms with Crippen molar-refractivity contribution in [3.63, 3.8) is 0 Å². The minimum atomic E-state index is -0.334. The van der Waals surface area contributed by atoms with E-state index in [4.69, 9.17) is 8.94 Å². The Morgan fingerprint density at radius 2 is 1.92 bits per heavy atom. The van der Waals surface area contributed by atoms with Crippen LogP contribution in [0.1, 0.15) is 81.7 Å². The Morgan fingerprint density at radius 3 is 2.46 bits per heavy atom. The number of nitrogens with zero attached hydrogens (tertiary/aromatic N) is 3. The fraction of sp³-hybridized carbons (Fsp3) is 0.517. The van der Waals surface area contributed by atoms with Crippen molar-refractivity contribution in [2.24, 2.45) is 5.92 Å². The third-order valence-corrected chi connectivity index (χ3v) is 6.63. The Bertz CT molecular complexity index is 1130. The summed E-state index contributed by atoms with van der Waals surface area (Å²) in [6, 6.07) is 7.65. The van der Waals surface area contributed by atoms with E-state index in [1.807, 2.05) is 58.9 Å². The Labute approximate surface area is 220 Å². The van der Waals surface area contributed by atoms with Gasteiger partial charge < -0.3 is 19.2 Å². The van der Waals surface area contributed by atoms with E-state index in [9.17, 15) is 9.59 Å². The third-order valence-electron chi connectivity index (χ3n) is 6.63. The van der Waals surface area contributed by atoms with E-state index >= 15 is 0 Å². The highest BCUT2D eigenvalue weighted by atomic mass is 16.5. The van der Waals surface area contributed by atoms with Crippen LogP contribution in [0.15, 0.2) is 39.6 Å². The Kier molecular flexibility index (Phi) is 11.6. The van der Waals surface area contributed by atoms with Crippen molar-refractivity contribution >= 4 is 12.3 Å². The van der Waals surface area contributed by atoms with Crippen LogP contribution in [0.4, 0.5) is 0 Å². The molecular formula is C29H42N4O4. The fourth-order valence-corrected chi connectivity index (χ4v) is 4.04. The van der Waals surface area contributed by atoms with Crippen LogP contribution >= 0.6 is 0 Å². The fourth-order valence-electron chi connectivity index (χ4n) is 4.04. The lowest BCUT2D eigenvalue weighted by Crippen LogP contribution is -2.42. The number of oxazole rings is 1. The molecule has 2 amide bonds. The van der Waals surface area contributed by atoms with Crippen LogP contribution in [0.5, 0.6) is 0 Å². The zero-order chi connectivity index (χ0) is 27.5. The Hall–Kier alpha value is -3.42. The van der Waals surface area contributed by atoms with Gasteiger partial charge >= 0.3 is 0 Å². The van der Waals surface area contributed by atoms with E-state index < -0.39 is 0 Å². The maximum atomic E-state index is 12.3. The van der Waals surface area contributed by atoms with Crippen molar-refractivity contribution in [3.05, 3.63) is 58.9 Å². The van der Waals surface area contributed by atoms with Gasteiger partial charge in [-0.1, -0.05) is 51.9 Å². The number of hydrogen-bond donors (Lipinski definition) is 1. The first-order valence-corrected chi connectivity index (χ1v) is 13.1. The minimum absolute atomic E-state index is 0.0887. The summed E-state index contributed by atoms with van der Waals surface area (Å²) in [5.41, 5.74) is 4.90. The maximum absolute atomic E-state index is 12.3. The molecule has 1 aromatic carbocycles. The van der Waals surface area contributed by atoms with Gasteiger partial charge in [-0.05, 0) is 56.7 Å². The molecule has 0 radical (unpaired) electrons. The van der Waals surface area contributed by atoms with Crippen molar-refractivity contribution in [1.82, 2.24) is 20.4 Å². The zero-order valence-corrected chi connectivity index (χ0v) is 23.5. The van der Waals surface area contributed by atoms with Crippen molar-refractivity contribution in [2.75, 3.05) is 6.54 Å². The molecule has 1 aliphatic heterocycles. The van der Waals surface area contributed by atoms with Crippen LogP contribution in [-0.4, -0.2) is 39.9 Å². The predicted octanol–water partition coefficient (Wildman–Crippen LogP) is 5.96. The monoisotopic (exact) mass is 510 g/mol. The SMILES string of the molecule is CC.Cc1cc(-c2ocnc2C)ccc1CNC(=O)C1CCCN1C=O.Cc1cc(C(C)C(C)C)on1. The number of amides is 2. The van der Waals surface area contributed by atoms with Crippen LogP contribution in [0.2, 0.25) is 0 Å². The molecule has 4 rings (SSSR count). The number of benzene rings is 1. The number of hydrogen-bond acceptors (Lipinski definition) is 6. The molecule has 0 bridgehead atoms. The highest BCUT2D eigenvalue weighted by Crippen LogP contribution is 2.25. The standard InChI is InChI=1S/C18H21N3O3.C9H15NO.C2H6/c1-12-8-14(17-13(2)20-10-24-17)5-6-15(12)9-19-18(23)16-4-3-7-21(16)11-22;1-6(2)8(4)9-5-7(3)10-11-9;1-2/h5-6,8,10-11,16H,3-4,7,9H2,1-2H3,(H,19,23);5-6,8H,1-4H3;1-2H3. The van der Waals surface area contributed by atoms with Gasteiger partial charge in [0, 0.05) is 30.6 Å². The lowest BCUT2D eigenvalue weighted by Gasteiger charge is -2.19. The molecule has 2 atom stereocenters. The summed E-state index contributed by atoms with van der Waals surface area (Å²) in [7, 11) is 0. The molecule has 202 valence electrons. The minimum Gasteiger partial charge on any atom is -0.443 e. The smallest absolute Gasteiger partial charge is 0.243 e. The maximum Gasteiger partial charge on any atom is 0.243 e. The average Bonchev–Trinajstić information content (AvgIpc) is 3.65. The molecule has 3 heterocycles. The molecular weight excluding hydrogens is 468 g/mol. The molecule has 0 aliphatic carbocycles. The van der Waals surface area contributed by atoms with Gasteiger partial charge in [-0.2, -0.15) is 0 Å². The van der Waals surface area contributed by atoms with Gasteiger partial charge in [-0.3, -0.25) is 9.59 Å². The molecule has 37 heavy (non-hydrogen) atoms. The molecule has 3 aromatic rings. The Balaban J connectivity index is 0.000000311. The topological polar surface area (TPSA) is 101 Å². The lowest BCUT2D eigenvalue weighted by atomic mass is 9.95. The second-order valence-corrected chi connectivity index (χ2v) is 9.53. The number of likely N-dealkylation sites (tertiary alicyclic amines) is 1. The molecule has 1 aliphatic rings. The van der Waals surface area contributed by atoms with E-state index in [1.165, 1.54) is 6.39 Å². The molecule has 2 unspecified atom stereocenters. The molecule has 1 saturated heterocycles. The van der Waals surface area contributed by atoms with Gasteiger partial charge in [-0.25, -0.2) is 4.98 Å². The summed E-state index contributed by atoms with van der Waals surface area (Å²) in [5.74, 6) is 2.76. The lowest BCUT2D eigenvalue weighted by molar-refractivity contribution is -0.131. The van der Waals surface area contributed by atoms with Crippen molar-refractivity contribution in [2.45, 2.75) is 86.7 Å².